The van der Waals surface area contributed by atoms with Gasteiger partial charge in [-0.15, -0.1) is 11.8 Å². The van der Waals surface area contributed by atoms with Gasteiger partial charge in [-0.1, -0.05) is 35.9 Å². The summed E-state index contributed by atoms with van der Waals surface area (Å²) in [5.74, 6) is 1.34. The summed E-state index contributed by atoms with van der Waals surface area (Å²) in [7, 11) is 0. The first-order valence-electron chi connectivity index (χ1n) is 8.22. The van der Waals surface area contributed by atoms with Gasteiger partial charge in [-0.05, 0) is 43.7 Å². The number of hydrazine groups is 1. The van der Waals surface area contributed by atoms with Crippen molar-refractivity contribution in [3.63, 3.8) is 0 Å². The normalized spacial score (nSPS) is 10.6. The van der Waals surface area contributed by atoms with Gasteiger partial charge in [-0.25, -0.2) is 4.98 Å². The van der Waals surface area contributed by atoms with Crippen molar-refractivity contribution in [2.45, 2.75) is 25.2 Å². The number of carbonyl (C=O) groups excluding carboxylic acids is 1. The summed E-state index contributed by atoms with van der Waals surface area (Å²) in [6.45, 7) is 4.10. The highest BCUT2D eigenvalue weighted by atomic mass is 32.2. The molecule has 0 radical (unpaired) electrons. The summed E-state index contributed by atoms with van der Waals surface area (Å²) in [4.78, 5) is 17.7. The third-order valence-corrected chi connectivity index (χ3v) is 4.89. The lowest BCUT2D eigenvalue weighted by molar-refractivity contribution is -0.120. The number of aryl methyl sites for hydroxylation is 2. The van der Waals surface area contributed by atoms with E-state index in [4.69, 9.17) is 0 Å². The molecule has 0 aliphatic carbocycles. The van der Waals surface area contributed by atoms with Crippen molar-refractivity contribution < 1.29 is 4.79 Å². The fourth-order valence-corrected chi connectivity index (χ4v) is 3.36. The molecule has 3 aromatic rings. The fraction of sp³-hybridized carbons (Fsp3) is 0.200. The van der Waals surface area contributed by atoms with E-state index >= 15 is 0 Å². The van der Waals surface area contributed by atoms with Gasteiger partial charge < -0.3 is 0 Å². The second kappa shape index (κ2) is 8.03. The zero-order chi connectivity index (χ0) is 17.6. The number of para-hydroxylation sites is 1. The number of benzene rings is 2. The number of anilines is 1. The molecule has 1 heterocycles. The maximum absolute atomic E-state index is 12.0. The van der Waals surface area contributed by atoms with Crippen LogP contribution in [-0.2, 0) is 4.79 Å². The number of nitrogens with zero attached hydrogens (tertiary/aromatic N) is 1. The van der Waals surface area contributed by atoms with E-state index in [1.165, 1.54) is 10.5 Å². The maximum Gasteiger partial charge on any atom is 0.239 e. The standard InChI is InChI=1S/C20H21N3OS/c1-14-7-9-16(10-8-14)25-12-11-20(24)23-22-19-13-15(2)17-5-3-4-6-18(17)21-19/h3-10,13H,11-12H2,1-2H3,(H,21,22)(H,23,24). The molecular formula is C20H21N3OS. The van der Waals surface area contributed by atoms with E-state index in [9.17, 15) is 4.79 Å². The van der Waals surface area contributed by atoms with Crippen molar-refractivity contribution in [1.29, 1.82) is 0 Å². The zero-order valence-electron chi connectivity index (χ0n) is 14.4. The Morgan fingerprint density at radius 1 is 1.08 bits per heavy atom. The molecule has 2 N–H and O–H groups in total. The predicted molar refractivity (Wildman–Crippen MR) is 105 cm³/mol. The Balaban J connectivity index is 1.49. The highest BCUT2D eigenvalue weighted by Gasteiger charge is 2.05. The van der Waals surface area contributed by atoms with Crippen LogP contribution >= 0.6 is 11.8 Å². The Morgan fingerprint density at radius 3 is 2.64 bits per heavy atom. The highest BCUT2D eigenvalue weighted by molar-refractivity contribution is 7.99. The van der Waals surface area contributed by atoms with Gasteiger partial charge in [0.2, 0.25) is 5.91 Å². The van der Waals surface area contributed by atoms with E-state index in [1.807, 2.05) is 37.3 Å². The minimum absolute atomic E-state index is 0.0489. The van der Waals surface area contributed by atoms with Crippen LogP contribution < -0.4 is 10.9 Å². The summed E-state index contributed by atoms with van der Waals surface area (Å²) < 4.78 is 0. The molecule has 0 saturated heterocycles. The summed E-state index contributed by atoms with van der Waals surface area (Å²) >= 11 is 1.68. The Morgan fingerprint density at radius 2 is 1.84 bits per heavy atom. The topological polar surface area (TPSA) is 54.0 Å². The number of fused-ring (bicyclic) bond motifs is 1. The number of pyridine rings is 1. The van der Waals surface area contributed by atoms with Crippen molar-refractivity contribution in [2.75, 3.05) is 11.2 Å². The molecule has 0 saturated carbocycles. The molecule has 2 aromatic carbocycles. The van der Waals surface area contributed by atoms with Crippen LogP contribution in [-0.4, -0.2) is 16.6 Å². The van der Waals surface area contributed by atoms with Crippen LogP contribution in [0.3, 0.4) is 0 Å². The van der Waals surface area contributed by atoms with Gasteiger partial charge in [0.1, 0.15) is 5.82 Å². The maximum atomic E-state index is 12.0. The van der Waals surface area contributed by atoms with Gasteiger partial charge in [0.05, 0.1) is 5.52 Å². The van der Waals surface area contributed by atoms with E-state index < -0.39 is 0 Å². The molecule has 0 atom stereocenters. The summed E-state index contributed by atoms with van der Waals surface area (Å²) in [5, 5.41) is 1.12. The third kappa shape index (κ3) is 4.73. The van der Waals surface area contributed by atoms with E-state index in [0.29, 0.717) is 12.2 Å². The second-order valence-electron chi connectivity index (χ2n) is 5.93. The van der Waals surface area contributed by atoms with Gasteiger partial charge in [-0.2, -0.15) is 0 Å². The number of hydrogen-bond acceptors (Lipinski definition) is 4. The minimum atomic E-state index is -0.0489. The molecular weight excluding hydrogens is 330 g/mol. The molecule has 0 spiro atoms. The molecule has 5 heteroatoms. The van der Waals surface area contributed by atoms with E-state index in [-0.39, 0.29) is 5.91 Å². The van der Waals surface area contributed by atoms with Gasteiger partial charge >= 0.3 is 0 Å². The first kappa shape index (κ1) is 17.3. The second-order valence-corrected chi connectivity index (χ2v) is 7.09. The zero-order valence-corrected chi connectivity index (χ0v) is 15.2. The molecule has 0 unspecified atom stereocenters. The van der Waals surface area contributed by atoms with Gasteiger partial charge in [0.25, 0.3) is 0 Å². The molecule has 0 fully saturated rings. The first-order valence-corrected chi connectivity index (χ1v) is 9.21. The van der Waals surface area contributed by atoms with Crippen LogP contribution in [0.15, 0.2) is 59.5 Å². The van der Waals surface area contributed by atoms with Crippen molar-refractivity contribution in [2.24, 2.45) is 0 Å². The van der Waals surface area contributed by atoms with Crippen LogP contribution in [0.25, 0.3) is 10.9 Å². The van der Waals surface area contributed by atoms with Gasteiger partial charge in [0, 0.05) is 22.5 Å². The number of thioether (sulfide) groups is 1. The van der Waals surface area contributed by atoms with E-state index in [0.717, 1.165) is 22.2 Å². The van der Waals surface area contributed by atoms with E-state index in [1.54, 1.807) is 11.8 Å². The Kier molecular flexibility index (Phi) is 5.56. The van der Waals surface area contributed by atoms with Crippen LogP contribution in [0.5, 0.6) is 0 Å². The quantitative estimate of drug-likeness (QED) is 0.508. The van der Waals surface area contributed by atoms with Gasteiger partial charge in [0.15, 0.2) is 0 Å². The molecule has 4 nitrogen and oxygen atoms in total. The highest BCUT2D eigenvalue weighted by Crippen LogP contribution is 2.20. The number of rotatable bonds is 6. The van der Waals surface area contributed by atoms with Crippen molar-refractivity contribution in [1.82, 2.24) is 10.4 Å². The molecule has 128 valence electrons. The Labute approximate surface area is 152 Å². The number of aromatic nitrogens is 1. The van der Waals surface area contributed by atoms with Crippen LogP contribution in [0.4, 0.5) is 5.82 Å². The lowest BCUT2D eigenvalue weighted by atomic mass is 10.1. The predicted octanol–water partition coefficient (Wildman–Crippen LogP) is 4.48. The molecule has 25 heavy (non-hydrogen) atoms. The number of hydrogen-bond donors (Lipinski definition) is 2. The van der Waals surface area contributed by atoms with Crippen molar-refractivity contribution in [3.8, 4) is 0 Å². The molecule has 1 aromatic heterocycles. The number of amides is 1. The van der Waals surface area contributed by atoms with E-state index in [2.05, 4.69) is 47.0 Å². The summed E-state index contributed by atoms with van der Waals surface area (Å²) in [5.41, 5.74) is 8.91. The average Bonchev–Trinajstić information content (AvgIpc) is 2.62. The molecule has 3 rings (SSSR count). The van der Waals surface area contributed by atoms with Crippen LogP contribution in [0, 0.1) is 13.8 Å². The monoisotopic (exact) mass is 351 g/mol. The van der Waals surface area contributed by atoms with Gasteiger partial charge in [-0.3, -0.25) is 15.6 Å². The van der Waals surface area contributed by atoms with Crippen molar-refractivity contribution in [3.05, 3.63) is 65.7 Å². The summed E-state index contributed by atoms with van der Waals surface area (Å²) in [6.07, 6.45) is 0.443. The number of carbonyl (C=O) groups is 1. The SMILES string of the molecule is Cc1ccc(SCCC(=O)NNc2cc(C)c3ccccc3n2)cc1. The largest absolute Gasteiger partial charge is 0.282 e. The third-order valence-electron chi connectivity index (χ3n) is 3.87. The van der Waals surface area contributed by atoms with Crippen molar-refractivity contribution >= 4 is 34.4 Å². The smallest absolute Gasteiger partial charge is 0.239 e. The minimum Gasteiger partial charge on any atom is -0.282 e. The van der Waals surface area contributed by atoms with Crippen LogP contribution in [0.1, 0.15) is 17.5 Å². The fourth-order valence-electron chi connectivity index (χ4n) is 2.51. The molecule has 1 amide bonds. The van der Waals surface area contributed by atoms with Crippen LogP contribution in [0.2, 0.25) is 0 Å². The average molecular weight is 351 g/mol. The number of nitrogens with one attached hydrogen (secondary N) is 2. The summed E-state index contributed by atoms with van der Waals surface area (Å²) in [6, 6.07) is 18.2. The lowest BCUT2D eigenvalue weighted by Gasteiger charge is -2.10. The Bertz CT molecular complexity index is 878. The molecule has 0 aliphatic rings. The Hall–Kier alpha value is -2.53. The molecule has 0 aliphatic heterocycles. The first-order chi connectivity index (χ1) is 12.1. The molecule has 0 bridgehead atoms. The lowest BCUT2D eigenvalue weighted by Crippen LogP contribution is -2.30.